The number of H-pyrrole nitrogens is 1. The summed E-state index contributed by atoms with van der Waals surface area (Å²) in [6.07, 6.45) is -0.354. The minimum atomic E-state index is -1.80. The topological polar surface area (TPSA) is 684 Å². The summed E-state index contributed by atoms with van der Waals surface area (Å²) in [5.41, 5.74) is 21.5. The van der Waals surface area contributed by atoms with E-state index in [4.69, 9.17) is 22.6 Å². The van der Waals surface area contributed by atoms with Crippen LogP contribution in [0.3, 0.4) is 0 Å². The molecule has 11 rings (SSSR count). The number of primary amides is 1. The van der Waals surface area contributed by atoms with Crippen LogP contribution in [0, 0.1) is 11.3 Å². The summed E-state index contributed by atoms with van der Waals surface area (Å²) in [6, 6.07) is 7.94. The summed E-state index contributed by atoms with van der Waals surface area (Å²) in [5, 5.41) is 88.2. The number of nitrogens with one attached hydrogen (secondary N) is 16. The number of carbonyl (C=O) groups excluding carboxylic acids is 17. The van der Waals surface area contributed by atoms with Crippen molar-refractivity contribution in [3.8, 4) is 11.5 Å². The van der Waals surface area contributed by atoms with Crippen molar-refractivity contribution in [2.24, 2.45) is 23.1 Å². The van der Waals surface area contributed by atoms with Crippen LogP contribution in [-0.2, 0) is 129 Å². The Balaban J connectivity index is 1.03. The maximum Gasteiger partial charge on any atom is 0.303 e. The molecule has 6 heterocycles. The molecule has 0 saturated carbocycles. The number of rotatable bonds is 22. The third-order valence-electron chi connectivity index (χ3n) is 25.4. The molecule has 5 aliphatic rings. The van der Waals surface area contributed by atoms with E-state index in [1.165, 1.54) is 72.2 Å². The molecule has 16 atom stereocenters. The number of phenolic OH excluding ortho intramolecular Hbond substituents is 2. The molecule has 1 aromatic heterocycles. The molecule has 17 amide bonds. The van der Waals surface area contributed by atoms with E-state index in [0.717, 1.165) is 40.2 Å². The van der Waals surface area contributed by atoms with Crippen LogP contribution in [0.2, 0.25) is 0 Å². The Bertz CT molecular complexity index is 5690. The lowest BCUT2D eigenvalue weighted by molar-refractivity contribution is -0.144. The number of aromatic amines is 1. The molecule has 5 aliphatic heterocycles. The Labute approximate surface area is 849 Å². The second kappa shape index (κ2) is 53.5. The zero-order chi connectivity index (χ0) is 105. The lowest BCUT2D eigenvalue weighted by Gasteiger charge is -2.31. The normalized spacial score (nSPS) is 24.6. The predicted octanol–water partition coefficient (Wildman–Crippen LogP) is -2.19. The number of aromatic nitrogens is 1. The molecule has 0 aliphatic carbocycles. The lowest BCUT2D eigenvalue weighted by atomic mass is 10.0. The van der Waals surface area contributed by atoms with Crippen molar-refractivity contribution in [1.29, 1.82) is 5.41 Å². The number of guanidine groups is 1. The highest BCUT2D eigenvalue weighted by atomic mass is 32.2. The molecular formula is C98H128N22O22S3. The first-order valence-electron chi connectivity index (χ1n) is 48.1. The van der Waals surface area contributed by atoms with Gasteiger partial charge in [-0.2, -0.15) is 35.3 Å². The Morgan fingerprint density at radius 2 is 0.959 bits per heavy atom. The first kappa shape index (κ1) is 111. The molecule has 145 heavy (non-hydrogen) atoms. The van der Waals surface area contributed by atoms with E-state index in [1.807, 2.05) is 0 Å². The van der Waals surface area contributed by atoms with Gasteiger partial charge in [-0.3, -0.25) is 91.7 Å². The number of fused-ring (bicyclic) bond motifs is 9. The molecule has 780 valence electrons. The summed E-state index contributed by atoms with van der Waals surface area (Å²) >= 11 is 3.32. The number of aliphatic hydroxyl groups is 1. The Kier molecular flexibility index (Phi) is 41.1. The first-order chi connectivity index (χ1) is 69.3. The van der Waals surface area contributed by atoms with Gasteiger partial charge in [0, 0.05) is 110 Å². The van der Waals surface area contributed by atoms with E-state index in [0.29, 0.717) is 49.8 Å². The summed E-state index contributed by atoms with van der Waals surface area (Å²) in [4.78, 5) is 273. The van der Waals surface area contributed by atoms with Crippen molar-refractivity contribution in [2.75, 3.05) is 56.6 Å². The molecule has 44 nitrogen and oxygen atoms in total. The standard InChI is InChI=1S/C98H128N22O22S3/c1-52(2)81-95(140)113-72(45-121)96(141)119-34-12-20-77(119)93(138)108-67(30-31-80(125)126)85(130)109-69(40-56-22-26-62(122)27-23-56)88(133)116-75-51-145-48-60-37-58(36-59(38-60)47-144-50-74(114-83(128)53(3)99)91(136)107-66(86(131)117-81)18-10-32-103-98(101)102)46-143-49-73(90(135)106-54(4)82(100)127)115-89(134)71(42-61-43-104-65-17-9-8-16-64(61)65)110-87(132)70(41-57-24-28-63(123)29-25-57)112-92(137)76-19-11-33-118(76)79(124)44-105-84(129)68(39-55-14-6-5-7-15-55)111-94(139)78-21-13-35-120(78)97(75)142/h5-9,14-17,22-29,36-38,43,52-54,66-78,81,104,121-123H,10-13,18-21,30-35,39-42,44-51,99H2,1-4H3,(H2,100,127)(H,105,129)(H,106,135)(H,107,136)(H,108,138)(H,109,130)(H,110,132)(H,111,139)(H,112,137)(H,113,140)(H,114,128)(H,115,134)(H,116,133)(H,117,131)(H,125,126)(H4,101,102,103)/t53-,54-,66-,67-,68-,69-,70-,71-,72-,73-,74-,75-,76-,77-,78-,81-/m0/s1. The van der Waals surface area contributed by atoms with E-state index >= 15 is 38.4 Å². The van der Waals surface area contributed by atoms with Crippen LogP contribution in [-0.4, -0.2) is 306 Å². The molecule has 3 fully saturated rings. The second-order valence-electron chi connectivity index (χ2n) is 36.9. The highest BCUT2D eigenvalue weighted by molar-refractivity contribution is 7.99. The van der Waals surface area contributed by atoms with E-state index in [1.54, 1.807) is 92.8 Å². The molecule has 3 saturated heterocycles. The number of aromatic hydroxyl groups is 2. The Hall–Kier alpha value is -14.1. The third-order valence-corrected chi connectivity index (χ3v) is 28.7. The number of aliphatic carboxylic acids is 1. The summed E-state index contributed by atoms with van der Waals surface area (Å²) in [6.45, 7) is 3.75. The van der Waals surface area contributed by atoms with Gasteiger partial charge in [0.25, 0.3) is 0 Å². The molecule has 0 spiro atoms. The lowest BCUT2D eigenvalue weighted by Crippen LogP contribution is -2.62. The van der Waals surface area contributed by atoms with Crippen molar-refractivity contribution in [1.82, 2.24) is 94.1 Å². The molecular weight excluding hydrogens is 1930 g/mol. The van der Waals surface area contributed by atoms with E-state index in [9.17, 15) is 68.4 Å². The second-order valence-corrected chi connectivity index (χ2v) is 40.0. The number of para-hydroxylation sites is 1. The molecule has 47 heteroatoms. The maximum absolute atomic E-state index is 16.1. The number of phenols is 2. The van der Waals surface area contributed by atoms with E-state index < -0.39 is 247 Å². The number of nitrogens with zero attached hydrogens (tertiary/aromatic N) is 3. The van der Waals surface area contributed by atoms with Crippen LogP contribution in [0.4, 0.5) is 0 Å². The SMILES string of the molecule is CC(C)[C@@H]1NC(=O)[C@H](CCCNC(=N)N)NC(=O)[C@@H](NC(=O)[C@H](C)N)CSCc2cc3cc(c2)CSC[C@H](NC(=O)[C@H](Cc2ccc(O)cc2)NC(=O)[C@H](CCC(=O)O)NC(=O)[C@@H]2CCCN2C(=O)[C@H](CO)NC1=O)C(=O)N1CCC[C@H]1C(=O)N[C@@H](Cc1ccccc1)C(=O)NCC(=O)N1CCC[C@H]1C(=O)N[C@@H](Cc1ccc(O)cc1)C(=O)N[C@@H](Cc1c[nH]c2ccccc12)C(=O)N[C@H](C(=O)N[C@@H](C)C(N)=O)CSC3. The first-order valence-corrected chi connectivity index (χ1v) is 51.5. The summed E-state index contributed by atoms with van der Waals surface area (Å²) in [5.74, 6) is -19.5. The predicted molar refractivity (Wildman–Crippen MR) is 538 cm³/mol. The minimum absolute atomic E-state index is 0.00283. The average molecular weight is 2060 g/mol. The molecule has 4 bridgehead atoms. The van der Waals surface area contributed by atoms with Crippen LogP contribution < -0.4 is 91.6 Å². The largest absolute Gasteiger partial charge is 0.508 e. The fourth-order valence-corrected chi connectivity index (χ4v) is 20.6. The van der Waals surface area contributed by atoms with Gasteiger partial charge in [-0.25, -0.2) is 0 Å². The summed E-state index contributed by atoms with van der Waals surface area (Å²) < 4.78 is 0. The highest BCUT2D eigenvalue weighted by Crippen LogP contribution is 2.30. The van der Waals surface area contributed by atoms with Gasteiger partial charge in [0.05, 0.1) is 19.2 Å². The molecule has 0 unspecified atom stereocenters. The minimum Gasteiger partial charge on any atom is -0.508 e. The average Bonchev–Trinajstić information content (AvgIpc) is 1.66. The van der Waals surface area contributed by atoms with Crippen molar-refractivity contribution >= 4 is 159 Å². The maximum atomic E-state index is 16.1. The van der Waals surface area contributed by atoms with Gasteiger partial charge in [-0.05, 0) is 147 Å². The van der Waals surface area contributed by atoms with Crippen molar-refractivity contribution in [2.45, 2.75) is 232 Å². The van der Waals surface area contributed by atoms with Crippen LogP contribution in [0.15, 0.2) is 128 Å². The van der Waals surface area contributed by atoms with Crippen LogP contribution in [0.25, 0.3) is 10.9 Å². The number of hydrogen-bond donors (Lipinski definition) is 23. The number of carbonyl (C=O) groups is 18. The monoisotopic (exact) mass is 2060 g/mol. The quantitative estimate of drug-likeness (QED) is 0.0195. The van der Waals surface area contributed by atoms with Gasteiger partial charge in [0.2, 0.25) is 100 Å². The number of hydrogen-bond acceptors (Lipinski definition) is 26. The third kappa shape index (κ3) is 32.2. The molecule has 5 aromatic carbocycles. The molecule has 0 radical (unpaired) electrons. The fourth-order valence-electron chi connectivity index (χ4n) is 17.6. The van der Waals surface area contributed by atoms with E-state index in [2.05, 4.69) is 79.4 Å². The van der Waals surface area contributed by atoms with Gasteiger partial charge in [0.15, 0.2) is 5.96 Å². The fraction of sp³-hybridized carbons (Fsp3) is 0.480. The number of carboxylic acid groups (broad SMARTS) is 1. The van der Waals surface area contributed by atoms with Gasteiger partial charge >= 0.3 is 5.97 Å². The van der Waals surface area contributed by atoms with Crippen molar-refractivity contribution < 1.29 is 107 Å². The highest BCUT2D eigenvalue weighted by Gasteiger charge is 2.45. The summed E-state index contributed by atoms with van der Waals surface area (Å²) in [7, 11) is 0. The number of benzene rings is 5. The van der Waals surface area contributed by atoms with Crippen LogP contribution in [0.1, 0.15) is 131 Å². The Morgan fingerprint density at radius 3 is 1.51 bits per heavy atom. The molecule has 26 N–H and O–H groups in total. The van der Waals surface area contributed by atoms with Gasteiger partial charge in [0.1, 0.15) is 102 Å². The van der Waals surface area contributed by atoms with Crippen molar-refractivity contribution in [3.63, 3.8) is 0 Å². The van der Waals surface area contributed by atoms with Crippen LogP contribution >= 0.6 is 35.3 Å². The smallest absolute Gasteiger partial charge is 0.303 e. The van der Waals surface area contributed by atoms with Gasteiger partial charge in [-0.1, -0.05) is 105 Å². The zero-order valence-corrected chi connectivity index (χ0v) is 83.2. The number of amides is 17. The van der Waals surface area contributed by atoms with Gasteiger partial charge in [-0.15, -0.1) is 0 Å². The van der Waals surface area contributed by atoms with Gasteiger partial charge < -0.3 is 132 Å². The van der Waals surface area contributed by atoms with Crippen molar-refractivity contribution in [3.05, 3.63) is 166 Å². The number of aliphatic hydroxyl groups excluding tert-OH is 1. The Morgan fingerprint density at radius 1 is 0.497 bits per heavy atom. The van der Waals surface area contributed by atoms with Crippen LogP contribution in [0.5, 0.6) is 11.5 Å². The number of thioether (sulfide) groups is 3. The van der Waals surface area contributed by atoms with E-state index in [-0.39, 0.29) is 143 Å². The zero-order valence-electron chi connectivity index (χ0n) is 80.8. The molecule has 6 aromatic rings. The number of carboxylic acids is 1. The number of nitrogens with two attached hydrogens (primary N) is 3.